The lowest BCUT2D eigenvalue weighted by Crippen LogP contribution is -2.57. The van der Waals surface area contributed by atoms with E-state index < -0.39 is 29.1 Å². The fraction of sp³-hybridized carbons (Fsp3) is 0.300. The van der Waals surface area contributed by atoms with E-state index in [1.54, 1.807) is 26.0 Å². The van der Waals surface area contributed by atoms with Gasteiger partial charge in [-0.25, -0.2) is 5.43 Å². The molecule has 6 N–H and O–H groups in total. The first-order valence-corrected chi connectivity index (χ1v) is 8.60. The molecule has 0 fully saturated rings. The summed E-state index contributed by atoms with van der Waals surface area (Å²) in [6, 6.07) is 9.27. The van der Waals surface area contributed by atoms with Gasteiger partial charge in [0.25, 0.3) is 0 Å². The highest BCUT2D eigenvalue weighted by molar-refractivity contribution is 5.82. The van der Waals surface area contributed by atoms with Crippen LogP contribution < -0.4 is 16.0 Å². The number of ether oxygens (including phenoxy) is 1. The molecular weight excluding hydrogens is 364 g/mol. The molecule has 0 saturated carbocycles. The molecule has 0 amide bonds. The molecule has 0 saturated heterocycles. The molecule has 0 aliphatic rings. The van der Waals surface area contributed by atoms with Crippen LogP contribution in [0.5, 0.6) is 17.2 Å². The second-order valence-corrected chi connectivity index (χ2v) is 6.85. The van der Waals surface area contributed by atoms with E-state index in [1.165, 1.54) is 25.1 Å². The summed E-state index contributed by atoms with van der Waals surface area (Å²) in [6.07, 6.45) is -0.328. The number of carbonyl (C=O) groups excluding carboxylic acids is 1. The molecule has 0 aliphatic carbocycles. The lowest BCUT2D eigenvalue weighted by molar-refractivity contribution is -0.146. The monoisotopic (exact) mass is 388 g/mol. The number of benzene rings is 2. The maximum atomic E-state index is 12.6. The summed E-state index contributed by atoms with van der Waals surface area (Å²) in [4.78, 5) is 24.5. The largest absolute Gasteiger partial charge is 0.504 e. The number of phenols is 2. The number of hydrogen-bond acceptors (Lipinski definition) is 7. The summed E-state index contributed by atoms with van der Waals surface area (Å²) in [5.41, 5.74) is 2.36. The van der Waals surface area contributed by atoms with Gasteiger partial charge in [-0.3, -0.25) is 15.4 Å². The second kappa shape index (κ2) is 8.28. The van der Waals surface area contributed by atoms with Crippen molar-refractivity contribution in [2.75, 3.05) is 0 Å². The molecule has 0 spiro atoms. The van der Waals surface area contributed by atoms with Gasteiger partial charge in [0, 0.05) is 5.92 Å². The van der Waals surface area contributed by atoms with Gasteiger partial charge in [-0.1, -0.05) is 24.3 Å². The number of nitrogens with two attached hydrogens (primary N) is 1. The van der Waals surface area contributed by atoms with Crippen molar-refractivity contribution in [3.05, 3.63) is 53.1 Å². The van der Waals surface area contributed by atoms with Crippen molar-refractivity contribution in [1.82, 2.24) is 5.43 Å². The molecule has 8 nitrogen and oxygen atoms in total. The lowest BCUT2D eigenvalue weighted by atomic mass is 9.78. The van der Waals surface area contributed by atoms with Crippen LogP contribution in [0, 0.1) is 13.8 Å². The standard InChI is InChI=1S/C20H24N2O6/c1-11-5-4-6-12(2)18(11)28-17(25)10-14(20(3,22-21)19(26)27)13-7-8-15(23)16(24)9-13/h4-9,14,22-24H,10,21H2,1-3H3,(H,26,27). The predicted octanol–water partition coefficient (Wildman–Crippen LogP) is 2.10. The molecule has 28 heavy (non-hydrogen) atoms. The molecule has 150 valence electrons. The van der Waals surface area contributed by atoms with Crippen LogP contribution in [0.3, 0.4) is 0 Å². The minimum absolute atomic E-state index is 0.302. The third-order valence-electron chi connectivity index (χ3n) is 4.84. The molecule has 0 bridgehead atoms. The first kappa shape index (κ1) is 21.2. The van der Waals surface area contributed by atoms with Crippen molar-refractivity contribution < 1.29 is 29.6 Å². The number of esters is 1. The number of aryl methyl sites for hydroxylation is 2. The van der Waals surface area contributed by atoms with Crippen molar-refractivity contribution >= 4 is 11.9 Å². The number of rotatable bonds is 7. The smallest absolute Gasteiger partial charge is 0.325 e. The van der Waals surface area contributed by atoms with E-state index in [0.29, 0.717) is 11.3 Å². The average molecular weight is 388 g/mol. The highest BCUT2D eigenvalue weighted by Gasteiger charge is 2.43. The molecule has 2 atom stereocenters. The van der Waals surface area contributed by atoms with Crippen LogP contribution >= 0.6 is 0 Å². The molecule has 0 radical (unpaired) electrons. The molecule has 2 aromatic rings. The van der Waals surface area contributed by atoms with E-state index >= 15 is 0 Å². The quantitative estimate of drug-likeness (QED) is 0.160. The molecule has 2 unspecified atom stereocenters. The molecule has 0 aromatic heterocycles. The van der Waals surface area contributed by atoms with Gasteiger partial charge in [-0.15, -0.1) is 0 Å². The second-order valence-electron chi connectivity index (χ2n) is 6.85. The van der Waals surface area contributed by atoms with Gasteiger partial charge in [0.2, 0.25) is 0 Å². The Kier molecular flexibility index (Phi) is 6.27. The summed E-state index contributed by atoms with van der Waals surface area (Å²) in [5, 5.41) is 29.0. The van der Waals surface area contributed by atoms with Crippen molar-refractivity contribution in [1.29, 1.82) is 0 Å². The Morgan fingerprint density at radius 1 is 1.14 bits per heavy atom. The molecular formula is C20H24N2O6. The van der Waals surface area contributed by atoms with Crippen LogP contribution in [-0.4, -0.2) is 32.8 Å². The molecule has 8 heteroatoms. The average Bonchev–Trinajstić information content (AvgIpc) is 2.64. The van der Waals surface area contributed by atoms with Gasteiger partial charge in [0.15, 0.2) is 11.5 Å². The highest BCUT2D eigenvalue weighted by Crippen LogP contribution is 2.36. The molecule has 2 aromatic carbocycles. The number of phenolic OH excluding ortho intramolecular Hbond substituents is 2. The van der Waals surface area contributed by atoms with Crippen molar-refractivity contribution in [3.8, 4) is 17.2 Å². The van der Waals surface area contributed by atoms with Gasteiger partial charge in [-0.05, 0) is 49.6 Å². The summed E-state index contributed by atoms with van der Waals surface area (Å²) < 4.78 is 5.49. The number of nitrogens with one attached hydrogen (secondary N) is 1. The van der Waals surface area contributed by atoms with Crippen LogP contribution in [0.25, 0.3) is 0 Å². The Hall–Kier alpha value is -3.10. The summed E-state index contributed by atoms with van der Waals surface area (Å²) in [7, 11) is 0. The number of hydrogen-bond donors (Lipinski definition) is 5. The van der Waals surface area contributed by atoms with Crippen LogP contribution in [0.4, 0.5) is 0 Å². The number of carbonyl (C=O) groups is 2. The Morgan fingerprint density at radius 3 is 2.25 bits per heavy atom. The minimum atomic E-state index is -1.73. The summed E-state index contributed by atoms with van der Waals surface area (Å²) >= 11 is 0. The van der Waals surface area contributed by atoms with E-state index in [4.69, 9.17) is 10.6 Å². The molecule has 2 rings (SSSR count). The van der Waals surface area contributed by atoms with Crippen LogP contribution in [0.1, 0.15) is 36.0 Å². The van der Waals surface area contributed by atoms with Crippen molar-refractivity contribution in [2.45, 2.75) is 38.6 Å². The maximum Gasteiger partial charge on any atom is 0.325 e. The molecule has 0 aliphatic heterocycles. The maximum absolute atomic E-state index is 12.6. The Labute approximate surface area is 162 Å². The van der Waals surface area contributed by atoms with Gasteiger partial charge < -0.3 is 20.1 Å². The normalized spacial score (nSPS) is 14.1. The third-order valence-corrected chi connectivity index (χ3v) is 4.84. The zero-order valence-corrected chi connectivity index (χ0v) is 15.9. The lowest BCUT2D eigenvalue weighted by Gasteiger charge is -2.33. The van der Waals surface area contributed by atoms with Gasteiger partial charge in [0.05, 0.1) is 6.42 Å². The van der Waals surface area contributed by atoms with Gasteiger partial charge in [-0.2, -0.15) is 0 Å². The highest BCUT2D eigenvalue weighted by atomic mass is 16.5. The van der Waals surface area contributed by atoms with Crippen molar-refractivity contribution in [3.63, 3.8) is 0 Å². The Bertz CT molecular complexity index is 878. The van der Waals surface area contributed by atoms with E-state index in [1.807, 2.05) is 6.07 Å². The third kappa shape index (κ3) is 4.24. The number of aromatic hydroxyl groups is 2. The first-order chi connectivity index (χ1) is 13.1. The van der Waals surface area contributed by atoms with Crippen LogP contribution in [0.2, 0.25) is 0 Å². The van der Waals surface area contributed by atoms with Crippen molar-refractivity contribution in [2.24, 2.45) is 5.84 Å². The van der Waals surface area contributed by atoms with E-state index in [9.17, 15) is 24.9 Å². The van der Waals surface area contributed by atoms with E-state index in [0.717, 1.165) is 11.1 Å². The predicted molar refractivity (Wildman–Crippen MR) is 102 cm³/mol. The summed E-state index contributed by atoms with van der Waals surface area (Å²) in [5.74, 6) is 2.19. The van der Waals surface area contributed by atoms with Crippen LogP contribution in [0.15, 0.2) is 36.4 Å². The van der Waals surface area contributed by atoms with E-state index in [2.05, 4.69) is 5.43 Å². The fourth-order valence-corrected chi connectivity index (χ4v) is 3.01. The SMILES string of the molecule is Cc1cccc(C)c1OC(=O)CC(c1ccc(O)c(O)c1)C(C)(NN)C(=O)O. The number of aliphatic carboxylic acids is 1. The number of para-hydroxylation sites is 1. The fourth-order valence-electron chi connectivity index (χ4n) is 3.01. The van der Waals surface area contributed by atoms with E-state index in [-0.39, 0.29) is 12.2 Å². The number of carboxylic acids is 1. The molecule has 0 heterocycles. The first-order valence-electron chi connectivity index (χ1n) is 8.60. The Balaban J connectivity index is 2.40. The Morgan fingerprint density at radius 2 is 1.75 bits per heavy atom. The summed E-state index contributed by atoms with van der Waals surface area (Å²) in [6.45, 7) is 4.93. The zero-order chi connectivity index (χ0) is 21.1. The topological polar surface area (TPSA) is 142 Å². The van der Waals surface area contributed by atoms with Crippen LogP contribution in [-0.2, 0) is 9.59 Å². The number of carboxylic acid groups (broad SMARTS) is 1. The number of hydrazine groups is 1. The minimum Gasteiger partial charge on any atom is -0.504 e. The van der Waals surface area contributed by atoms with Gasteiger partial charge >= 0.3 is 11.9 Å². The van der Waals surface area contributed by atoms with Gasteiger partial charge in [0.1, 0.15) is 11.3 Å². The zero-order valence-electron chi connectivity index (χ0n) is 15.9.